The van der Waals surface area contributed by atoms with E-state index in [0.29, 0.717) is 0 Å². The van der Waals surface area contributed by atoms with Crippen LogP contribution in [0.5, 0.6) is 0 Å². The highest BCUT2D eigenvalue weighted by molar-refractivity contribution is 9.09. The van der Waals surface area contributed by atoms with E-state index in [1.54, 1.807) is 12.1 Å². The fourth-order valence-electron chi connectivity index (χ4n) is 0.963. The molecule has 3 nitrogen and oxygen atoms in total. The Hall–Kier alpha value is -0.610. The van der Waals surface area contributed by atoms with E-state index in [-0.39, 0.29) is 10.7 Å². The molecule has 1 aromatic carbocycles. The molecular formula is C8H7BrClNO2. The number of benzene rings is 1. The highest BCUT2D eigenvalue weighted by atomic mass is 79.9. The quantitative estimate of drug-likeness (QED) is 0.478. The van der Waals surface area contributed by atoms with Gasteiger partial charge in [0.15, 0.2) is 0 Å². The van der Waals surface area contributed by atoms with Gasteiger partial charge in [-0.25, -0.2) is 0 Å². The molecule has 0 heterocycles. The van der Waals surface area contributed by atoms with Crippen molar-refractivity contribution in [3.8, 4) is 0 Å². The second-order valence-corrected chi connectivity index (χ2v) is 3.68. The number of hydrogen-bond acceptors (Lipinski definition) is 2. The molecule has 0 unspecified atom stereocenters. The highest BCUT2D eigenvalue weighted by Gasteiger charge is 2.11. The van der Waals surface area contributed by atoms with Gasteiger partial charge in [-0.15, -0.1) is 0 Å². The maximum Gasteiger partial charge on any atom is 0.287 e. The summed E-state index contributed by atoms with van der Waals surface area (Å²) in [5.41, 5.74) is 0.951. The number of nitro benzene ring substituents is 1. The minimum atomic E-state index is -0.486. The fraction of sp³-hybridized carbons (Fsp3) is 0.250. The molecule has 0 aromatic heterocycles. The van der Waals surface area contributed by atoms with Crippen LogP contribution in [-0.4, -0.2) is 10.3 Å². The highest BCUT2D eigenvalue weighted by Crippen LogP contribution is 2.25. The Kier molecular flexibility index (Phi) is 3.69. The smallest absolute Gasteiger partial charge is 0.258 e. The van der Waals surface area contributed by atoms with E-state index in [9.17, 15) is 10.1 Å². The topological polar surface area (TPSA) is 43.1 Å². The molecule has 0 saturated carbocycles. The van der Waals surface area contributed by atoms with E-state index in [1.807, 2.05) is 0 Å². The van der Waals surface area contributed by atoms with Crippen molar-refractivity contribution in [2.45, 2.75) is 6.42 Å². The molecule has 0 radical (unpaired) electrons. The number of alkyl halides is 1. The van der Waals surface area contributed by atoms with Gasteiger partial charge in [0, 0.05) is 11.4 Å². The van der Waals surface area contributed by atoms with Crippen molar-refractivity contribution in [3.05, 3.63) is 38.9 Å². The zero-order valence-corrected chi connectivity index (χ0v) is 9.01. The van der Waals surface area contributed by atoms with Gasteiger partial charge in [-0.2, -0.15) is 0 Å². The van der Waals surface area contributed by atoms with Crippen molar-refractivity contribution in [3.63, 3.8) is 0 Å². The zero-order chi connectivity index (χ0) is 9.84. The summed E-state index contributed by atoms with van der Waals surface area (Å²) in [6.07, 6.45) is 0.817. The van der Waals surface area contributed by atoms with Gasteiger partial charge < -0.3 is 0 Å². The SMILES string of the molecule is O=[N+]([O-])c1ccc(CCBr)cc1Cl. The minimum absolute atomic E-state index is 0.0417. The molecule has 0 fully saturated rings. The van der Waals surface area contributed by atoms with Crippen LogP contribution in [0.25, 0.3) is 0 Å². The Bertz CT molecular complexity index is 330. The van der Waals surface area contributed by atoms with E-state index in [4.69, 9.17) is 11.6 Å². The second kappa shape index (κ2) is 4.58. The van der Waals surface area contributed by atoms with Crippen LogP contribution < -0.4 is 0 Å². The van der Waals surface area contributed by atoms with Crippen molar-refractivity contribution in [1.82, 2.24) is 0 Å². The average molecular weight is 265 g/mol. The molecule has 1 aromatic rings. The van der Waals surface area contributed by atoms with Crippen LogP contribution in [0.15, 0.2) is 18.2 Å². The predicted molar refractivity (Wildman–Crippen MR) is 55.6 cm³/mol. The molecule has 0 spiro atoms. The van der Waals surface area contributed by atoms with Gasteiger partial charge >= 0.3 is 0 Å². The zero-order valence-electron chi connectivity index (χ0n) is 6.67. The van der Waals surface area contributed by atoms with Gasteiger partial charge in [-0.1, -0.05) is 33.6 Å². The Balaban J connectivity index is 2.98. The summed E-state index contributed by atoms with van der Waals surface area (Å²) < 4.78 is 0. The van der Waals surface area contributed by atoms with Crippen LogP contribution in [-0.2, 0) is 6.42 Å². The van der Waals surface area contributed by atoms with Gasteiger partial charge in [0.05, 0.1) is 4.92 Å². The summed E-state index contributed by atoms with van der Waals surface area (Å²) in [5, 5.41) is 11.4. The maximum absolute atomic E-state index is 10.4. The molecule has 0 bridgehead atoms. The van der Waals surface area contributed by atoms with E-state index in [1.165, 1.54) is 6.07 Å². The number of nitrogens with zero attached hydrogens (tertiary/aromatic N) is 1. The molecule has 70 valence electrons. The van der Waals surface area contributed by atoms with Crippen LogP contribution in [0.3, 0.4) is 0 Å². The molecule has 0 aliphatic rings. The third-order valence-corrected chi connectivity index (χ3v) is 2.29. The van der Waals surface area contributed by atoms with E-state index >= 15 is 0 Å². The van der Waals surface area contributed by atoms with Gasteiger partial charge in [0.2, 0.25) is 0 Å². The lowest BCUT2D eigenvalue weighted by Crippen LogP contribution is -1.91. The number of halogens is 2. The first-order chi connectivity index (χ1) is 6.15. The number of nitro groups is 1. The summed E-state index contributed by atoms with van der Waals surface area (Å²) in [4.78, 5) is 9.92. The minimum Gasteiger partial charge on any atom is -0.258 e. The summed E-state index contributed by atoms with van der Waals surface area (Å²) in [7, 11) is 0. The molecule has 0 amide bonds. The van der Waals surface area contributed by atoms with Crippen LogP contribution in [0.4, 0.5) is 5.69 Å². The third kappa shape index (κ3) is 2.67. The Morgan fingerprint density at radius 2 is 2.23 bits per heavy atom. The lowest BCUT2D eigenvalue weighted by molar-refractivity contribution is -0.384. The second-order valence-electron chi connectivity index (χ2n) is 2.48. The lowest BCUT2D eigenvalue weighted by atomic mass is 10.1. The molecule has 0 aliphatic heterocycles. The van der Waals surface area contributed by atoms with Gasteiger partial charge in [-0.3, -0.25) is 10.1 Å². The molecule has 0 aliphatic carbocycles. The fourth-order valence-corrected chi connectivity index (χ4v) is 1.69. The Morgan fingerprint density at radius 1 is 1.54 bits per heavy atom. The van der Waals surface area contributed by atoms with Crippen molar-refractivity contribution in [1.29, 1.82) is 0 Å². The first kappa shape index (κ1) is 10.5. The first-order valence-corrected chi connectivity index (χ1v) is 5.14. The summed E-state index contributed by atoms with van der Waals surface area (Å²) in [6.45, 7) is 0. The van der Waals surface area contributed by atoms with Crippen molar-refractivity contribution in [2.24, 2.45) is 0 Å². The van der Waals surface area contributed by atoms with Crippen LogP contribution in [0.2, 0.25) is 5.02 Å². The third-order valence-electron chi connectivity index (χ3n) is 1.59. The van der Waals surface area contributed by atoms with Crippen LogP contribution >= 0.6 is 27.5 Å². The number of rotatable bonds is 3. The first-order valence-electron chi connectivity index (χ1n) is 3.64. The Morgan fingerprint density at radius 3 is 2.69 bits per heavy atom. The van der Waals surface area contributed by atoms with Gasteiger partial charge in [0.1, 0.15) is 5.02 Å². The molecule has 0 saturated heterocycles. The normalized spacial score (nSPS) is 10.0. The van der Waals surface area contributed by atoms with E-state index < -0.39 is 4.92 Å². The maximum atomic E-state index is 10.4. The van der Waals surface area contributed by atoms with Crippen LogP contribution in [0, 0.1) is 10.1 Å². The van der Waals surface area contributed by atoms with Crippen molar-refractivity contribution in [2.75, 3.05) is 5.33 Å². The monoisotopic (exact) mass is 263 g/mol. The molecular weight excluding hydrogens is 257 g/mol. The lowest BCUT2D eigenvalue weighted by Gasteiger charge is -1.99. The molecule has 0 atom stereocenters. The van der Waals surface area contributed by atoms with Crippen LogP contribution in [0.1, 0.15) is 5.56 Å². The summed E-state index contributed by atoms with van der Waals surface area (Å²) in [5.74, 6) is 0. The summed E-state index contributed by atoms with van der Waals surface area (Å²) >= 11 is 8.98. The standard InChI is InChI=1S/C8H7BrClNO2/c9-4-3-6-1-2-8(11(12)13)7(10)5-6/h1-2,5H,3-4H2. The molecule has 0 N–H and O–H groups in total. The summed E-state index contributed by atoms with van der Waals surface area (Å²) in [6, 6.07) is 4.77. The Labute approximate surface area is 89.0 Å². The van der Waals surface area contributed by atoms with Gasteiger partial charge in [0.25, 0.3) is 5.69 Å². The number of aryl methyl sites for hydroxylation is 1. The largest absolute Gasteiger partial charge is 0.287 e. The van der Waals surface area contributed by atoms with Gasteiger partial charge in [-0.05, 0) is 18.1 Å². The molecule has 5 heteroatoms. The molecule has 13 heavy (non-hydrogen) atoms. The van der Waals surface area contributed by atoms with Crippen molar-refractivity contribution >= 4 is 33.2 Å². The predicted octanol–water partition coefficient (Wildman–Crippen LogP) is 3.19. The molecule has 1 rings (SSSR count). The van der Waals surface area contributed by atoms with E-state index in [2.05, 4.69) is 15.9 Å². The average Bonchev–Trinajstić information content (AvgIpc) is 2.04. The van der Waals surface area contributed by atoms with E-state index in [0.717, 1.165) is 17.3 Å². The van der Waals surface area contributed by atoms with Crippen molar-refractivity contribution < 1.29 is 4.92 Å². The number of hydrogen-bond donors (Lipinski definition) is 0.